The Morgan fingerprint density at radius 2 is 2.17 bits per heavy atom. The molecule has 1 fully saturated rings. The lowest BCUT2D eigenvalue weighted by atomic mass is 10.1. The number of cyclic esters (lactones) is 1. The molecule has 0 saturated carbocycles. The van der Waals surface area contributed by atoms with Gasteiger partial charge in [-0.25, -0.2) is 4.79 Å². The fraction of sp³-hybridized carbons (Fsp3) is 0.667. The van der Waals surface area contributed by atoms with Crippen LogP contribution in [0.3, 0.4) is 0 Å². The maximum Gasteiger partial charge on any atom is 0.376 e. The minimum Gasteiger partial charge on any atom is -0.452 e. The third-order valence-electron chi connectivity index (χ3n) is 1.55. The van der Waals surface area contributed by atoms with Crippen molar-refractivity contribution in [2.75, 3.05) is 6.61 Å². The van der Waals surface area contributed by atoms with Crippen molar-refractivity contribution in [1.82, 2.24) is 0 Å². The summed E-state index contributed by atoms with van der Waals surface area (Å²) in [7, 11) is 0. The van der Waals surface area contributed by atoms with E-state index >= 15 is 0 Å². The van der Waals surface area contributed by atoms with Crippen LogP contribution < -0.4 is 0 Å². The van der Waals surface area contributed by atoms with Crippen LogP contribution in [0.4, 0.5) is 0 Å². The number of esters is 1. The highest BCUT2D eigenvalue weighted by Gasteiger charge is 2.45. The number of Topliss-reactive ketones (excluding diaryl/α,β-unsaturated/α-hetero) is 1. The molecule has 0 aromatic heterocycles. The Morgan fingerprint density at radius 3 is 2.50 bits per heavy atom. The van der Waals surface area contributed by atoms with Crippen LogP contribution in [-0.2, 0) is 14.3 Å². The molecule has 5 nitrogen and oxygen atoms in total. The Kier molecular flexibility index (Phi) is 2.66. The van der Waals surface area contributed by atoms with Crippen LogP contribution in [0.25, 0.3) is 0 Å². The second-order valence-electron chi connectivity index (χ2n) is 2.39. The topological polar surface area (TPSA) is 83.8 Å². The van der Waals surface area contributed by atoms with E-state index in [1.165, 1.54) is 0 Å². The predicted octanol–water partition coefficient (Wildman–Crippen LogP) is -1.56. The lowest BCUT2D eigenvalue weighted by Gasteiger charge is -2.15. The Balaban J connectivity index is 2.70. The molecule has 0 aromatic carbocycles. The van der Waals surface area contributed by atoms with Crippen LogP contribution in [0.5, 0.6) is 0 Å². The predicted molar refractivity (Wildman–Crippen MR) is 37.6 cm³/mol. The van der Waals surface area contributed by atoms with E-state index in [4.69, 9.17) is 21.8 Å². The summed E-state index contributed by atoms with van der Waals surface area (Å²) in [6, 6.07) is 0. The molecule has 0 aliphatic carbocycles. The summed E-state index contributed by atoms with van der Waals surface area (Å²) in [5.74, 6) is -1.94. The smallest absolute Gasteiger partial charge is 0.376 e. The highest BCUT2D eigenvalue weighted by Crippen LogP contribution is 2.20. The van der Waals surface area contributed by atoms with E-state index in [2.05, 4.69) is 4.74 Å². The summed E-state index contributed by atoms with van der Waals surface area (Å²) in [6.45, 7) is -0.603. The Labute approximate surface area is 72.9 Å². The molecule has 3 atom stereocenters. The summed E-state index contributed by atoms with van der Waals surface area (Å²) < 4.78 is 4.41. The molecule has 2 N–H and O–H groups in total. The number of rotatable bonds is 2. The Bertz CT molecular complexity index is 216. The van der Waals surface area contributed by atoms with E-state index in [1.54, 1.807) is 0 Å². The zero-order valence-corrected chi connectivity index (χ0v) is 6.69. The molecular formula is C6H7ClO5. The minimum absolute atomic E-state index is 0.603. The zero-order valence-electron chi connectivity index (χ0n) is 5.94. The maximum absolute atomic E-state index is 10.7. The lowest BCUT2D eigenvalue weighted by Crippen LogP contribution is -2.36. The average Bonchev–Trinajstić information content (AvgIpc) is 2.32. The van der Waals surface area contributed by atoms with Gasteiger partial charge in [0.05, 0.1) is 6.61 Å². The first-order valence-electron chi connectivity index (χ1n) is 3.25. The van der Waals surface area contributed by atoms with Crippen molar-refractivity contribution in [3.8, 4) is 0 Å². The van der Waals surface area contributed by atoms with E-state index < -0.39 is 35.9 Å². The molecule has 0 aromatic rings. The number of hydrogen-bond donors (Lipinski definition) is 2. The molecule has 6 heteroatoms. The summed E-state index contributed by atoms with van der Waals surface area (Å²) >= 11 is 5.43. The maximum atomic E-state index is 10.7. The van der Waals surface area contributed by atoms with Crippen molar-refractivity contribution >= 4 is 23.4 Å². The average molecular weight is 195 g/mol. The number of hydrogen-bond acceptors (Lipinski definition) is 5. The van der Waals surface area contributed by atoms with Gasteiger partial charge in [-0.2, -0.15) is 0 Å². The van der Waals surface area contributed by atoms with E-state index in [9.17, 15) is 9.59 Å². The normalized spacial score (nSPS) is 31.9. The molecular weight excluding hydrogens is 188 g/mol. The van der Waals surface area contributed by atoms with Crippen LogP contribution in [0.15, 0.2) is 0 Å². The number of ketones is 1. The van der Waals surface area contributed by atoms with Gasteiger partial charge in [-0.3, -0.25) is 4.79 Å². The summed E-state index contributed by atoms with van der Waals surface area (Å²) in [5.41, 5.74) is 0. The van der Waals surface area contributed by atoms with Gasteiger partial charge < -0.3 is 14.9 Å². The number of alkyl halides is 1. The van der Waals surface area contributed by atoms with Crippen molar-refractivity contribution in [3.63, 3.8) is 0 Å². The van der Waals surface area contributed by atoms with Crippen LogP contribution in [0, 0.1) is 0 Å². The van der Waals surface area contributed by atoms with Crippen molar-refractivity contribution in [2.24, 2.45) is 0 Å². The number of aliphatic hydroxyl groups is 2. The van der Waals surface area contributed by atoms with E-state index in [1.807, 2.05) is 0 Å². The van der Waals surface area contributed by atoms with Gasteiger partial charge in [-0.1, -0.05) is 0 Å². The molecule has 68 valence electrons. The van der Waals surface area contributed by atoms with Gasteiger partial charge in [0.2, 0.25) is 0 Å². The molecule has 0 amide bonds. The first-order chi connectivity index (χ1) is 5.57. The van der Waals surface area contributed by atoms with Gasteiger partial charge in [-0.15, -0.1) is 11.6 Å². The minimum atomic E-state index is -1.30. The van der Waals surface area contributed by atoms with E-state index in [-0.39, 0.29) is 0 Å². The molecule has 0 spiro atoms. The third-order valence-corrected chi connectivity index (χ3v) is 2.00. The quantitative estimate of drug-likeness (QED) is 0.316. The van der Waals surface area contributed by atoms with Crippen molar-refractivity contribution in [2.45, 2.75) is 17.6 Å². The largest absolute Gasteiger partial charge is 0.452 e. The SMILES string of the molecule is O=C1O[C@H]([C@@H](O)CO)[C@H](Cl)C1=O. The van der Waals surface area contributed by atoms with Crippen LogP contribution >= 0.6 is 11.6 Å². The molecule has 12 heavy (non-hydrogen) atoms. The van der Waals surface area contributed by atoms with Crippen molar-refractivity contribution in [3.05, 3.63) is 0 Å². The highest BCUT2D eigenvalue weighted by molar-refractivity contribution is 6.49. The summed E-state index contributed by atoms with van der Waals surface area (Å²) in [6.07, 6.45) is -2.43. The van der Waals surface area contributed by atoms with E-state index in [0.717, 1.165) is 0 Å². The molecule has 0 unspecified atom stereocenters. The molecule has 1 saturated heterocycles. The summed E-state index contributed by atoms with van der Waals surface area (Å²) in [5, 5.41) is 16.3. The second kappa shape index (κ2) is 3.38. The standard InChI is InChI=1S/C6H7ClO5/c7-3-4(10)6(11)12-5(3)2(9)1-8/h2-3,5,8-9H,1H2/t2-,3+,5+/m0/s1. The van der Waals surface area contributed by atoms with Gasteiger partial charge in [0.25, 0.3) is 5.78 Å². The Hall–Kier alpha value is -0.650. The van der Waals surface area contributed by atoms with E-state index in [0.29, 0.717) is 0 Å². The van der Waals surface area contributed by atoms with Crippen molar-refractivity contribution < 1.29 is 24.5 Å². The van der Waals surface area contributed by atoms with Gasteiger partial charge >= 0.3 is 5.97 Å². The fourth-order valence-corrected chi connectivity index (χ4v) is 1.19. The van der Waals surface area contributed by atoms with Gasteiger partial charge in [0.15, 0.2) is 6.10 Å². The third kappa shape index (κ3) is 1.43. The molecule has 1 rings (SSSR count). The first-order valence-corrected chi connectivity index (χ1v) is 3.69. The monoisotopic (exact) mass is 194 g/mol. The molecule has 1 aliphatic rings. The number of aliphatic hydroxyl groups excluding tert-OH is 2. The summed E-state index contributed by atoms with van der Waals surface area (Å²) in [4.78, 5) is 21.3. The first kappa shape index (κ1) is 9.44. The van der Waals surface area contributed by atoms with Gasteiger partial charge in [0.1, 0.15) is 11.5 Å². The fourth-order valence-electron chi connectivity index (χ4n) is 0.881. The molecule has 1 heterocycles. The number of halogens is 1. The number of ether oxygens (including phenoxy) is 1. The molecule has 0 radical (unpaired) electrons. The lowest BCUT2D eigenvalue weighted by molar-refractivity contribution is -0.151. The highest BCUT2D eigenvalue weighted by atomic mass is 35.5. The number of carbonyl (C=O) groups excluding carboxylic acids is 2. The van der Waals surface area contributed by atoms with Crippen molar-refractivity contribution in [1.29, 1.82) is 0 Å². The molecule has 1 aliphatic heterocycles. The Morgan fingerprint density at radius 1 is 1.58 bits per heavy atom. The zero-order chi connectivity index (χ0) is 9.30. The van der Waals surface area contributed by atoms with Crippen LogP contribution in [0.2, 0.25) is 0 Å². The van der Waals surface area contributed by atoms with Gasteiger partial charge in [0, 0.05) is 0 Å². The molecule has 0 bridgehead atoms. The van der Waals surface area contributed by atoms with Crippen LogP contribution in [0.1, 0.15) is 0 Å². The van der Waals surface area contributed by atoms with Crippen LogP contribution in [-0.4, -0.2) is 46.2 Å². The number of carbonyl (C=O) groups is 2. The van der Waals surface area contributed by atoms with Gasteiger partial charge in [-0.05, 0) is 0 Å². The second-order valence-corrected chi connectivity index (χ2v) is 2.86.